The van der Waals surface area contributed by atoms with Gasteiger partial charge in [-0.15, -0.1) is 58.8 Å². The van der Waals surface area contributed by atoms with Crippen LogP contribution < -0.4 is 191 Å². The summed E-state index contributed by atoms with van der Waals surface area (Å²) >= 11 is 6.38. The number of carboxylic acid groups (broad SMARTS) is 7. The molecule has 5 aliphatic heterocycles. The van der Waals surface area contributed by atoms with Crippen molar-refractivity contribution in [2.24, 2.45) is 25.0 Å². The first-order chi connectivity index (χ1) is 57.0. The Morgan fingerprint density at radius 1 is 0.299 bits per heavy atom. The van der Waals surface area contributed by atoms with E-state index in [0.29, 0.717) is 152 Å². The van der Waals surface area contributed by atoms with E-state index in [1.165, 1.54) is 150 Å². The van der Waals surface area contributed by atoms with Crippen LogP contribution in [0, 0.1) is 0 Å². The van der Waals surface area contributed by atoms with E-state index < -0.39 is 76.1 Å². The minimum absolute atomic E-state index is 0. The predicted octanol–water partition coefficient (Wildman–Crippen LogP) is -15.7. The van der Waals surface area contributed by atoms with Gasteiger partial charge in [-0.1, -0.05) is 72.1 Å². The first-order valence-corrected chi connectivity index (χ1v) is 44.0. The van der Waals surface area contributed by atoms with Crippen LogP contribution in [0.5, 0.6) is 57.5 Å². The minimum atomic E-state index is -1.31. The van der Waals surface area contributed by atoms with E-state index in [-0.39, 0.29) is 198 Å². The van der Waals surface area contributed by atoms with E-state index in [9.17, 15) is 94.8 Å². The number of carbonyl (C=O) groups is 7. The van der Waals surface area contributed by atoms with Gasteiger partial charge in [0.1, 0.15) is 124 Å². The molecule has 0 aliphatic carbocycles. The van der Waals surface area contributed by atoms with Crippen LogP contribution in [-0.2, 0) is 43.0 Å². The molecule has 10 rings (SSSR count). The molecule has 5 N–H and O–H groups in total. The fourth-order valence-corrected chi connectivity index (χ4v) is 17.0. The fraction of sp³-hybridized carbons (Fsp3) is 0.500. The molecule has 31 nitrogen and oxygen atoms in total. The molecule has 43 heteroatoms. The summed E-state index contributed by atoms with van der Waals surface area (Å²) in [4.78, 5) is 96.9. The molecular formula is C84H102Li7N5O26S5. The smallest absolute Gasteiger partial charge is 0.550 e. The molecule has 5 aromatic carbocycles. The molecule has 0 unspecified atom stereocenters. The van der Waals surface area contributed by atoms with Gasteiger partial charge in [-0.3, -0.25) is 25.0 Å². The number of thioether (sulfide) groups is 5. The maximum absolute atomic E-state index is 11.1. The monoisotopic (exact) mass is 1810 g/mol. The van der Waals surface area contributed by atoms with E-state index in [1.54, 1.807) is 72.8 Å². The number of nitrogens with zero attached hydrogens (tertiary/aromatic N) is 5. The van der Waals surface area contributed by atoms with Gasteiger partial charge in [0.25, 0.3) is 0 Å². The maximum Gasteiger partial charge on any atom is 1.00 e. The summed E-state index contributed by atoms with van der Waals surface area (Å²) in [5.41, 5.74) is -3.90. The zero-order chi connectivity index (χ0) is 88.2. The maximum atomic E-state index is 11.1. The molecule has 127 heavy (non-hydrogen) atoms. The van der Waals surface area contributed by atoms with Gasteiger partial charge in [0.15, 0.2) is 0 Å². The van der Waals surface area contributed by atoms with Crippen molar-refractivity contribution in [2.75, 3.05) is 88.2 Å². The Morgan fingerprint density at radius 2 is 0.528 bits per heavy atom. The topological polar surface area (TPSA) is 508 Å². The van der Waals surface area contributed by atoms with Crippen LogP contribution in [-0.4, -0.2) is 208 Å². The van der Waals surface area contributed by atoms with Crippen LogP contribution in [0.3, 0.4) is 0 Å². The summed E-state index contributed by atoms with van der Waals surface area (Å²) in [6.07, 6.45) is 14.6. The molecule has 0 saturated carbocycles. The Balaban J connectivity index is 0. The van der Waals surface area contributed by atoms with Crippen LogP contribution in [0.4, 0.5) is 0 Å². The third kappa shape index (κ3) is 40.5. The predicted molar refractivity (Wildman–Crippen MR) is 448 cm³/mol. The molecule has 5 atom stereocenters. The number of hydrogen-bond donors (Lipinski definition) is 5. The van der Waals surface area contributed by atoms with Crippen molar-refractivity contribution in [3.63, 3.8) is 0 Å². The van der Waals surface area contributed by atoms with Gasteiger partial charge in [-0.25, -0.2) is 0 Å². The summed E-state index contributed by atoms with van der Waals surface area (Å²) in [5.74, 6) is -4.55. The average Bonchev–Trinajstić information content (AvgIpc) is 1.70. The summed E-state index contributed by atoms with van der Waals surface area (Å²) in [7, 11) is 0. The third-order valence-electron chi connectivity index (χ3n) is 18.3. The number of benzene rings is 5. The second-order valence-corrected chi connectivity index (χ2v) is 33.8. The number of hydrogen-bond acceptors (Lipinski definition) is 36. The second kappa shape index (κ2) is 62.1. The molecule has 5 aliphatic rings. The molecule has 5 aromatic rings. The molecule has 656 valence electrons. The third-order valence-corrected chi connectivity index (χ3v) is 24.7. The number of rotatable bonds is 43. The van der Waals surface area contributed by atoms with Crippen LogP contribution in [0.25, 0.3) is 0 Å². The number of phenolic OH excluding ortho intramolecular Hbond substituents is 5. The number of aromatic hydroxyl groups is 5. The van der Waals surface area contributed by atoms with Gasteiger partial charge in [-0.2, -0.15) is 0 Å². The first-order valence-electron chi connectivity index (χ1n) is 39.1. The number of aliphatic imine (C=N–C) groups is 5. The Morgan fingerprint density at radius 3 is 0.732 bits per heavy atom. The molecule has 0 aromatic heterocycles. The Kier molecular flexibility index (Phi) is 60.5. The SMILES string of the molecule is CCCCCCCOc1ccc(C2=N[C@@](C)(C(=O)[O-])CS2)c(O)c1.CCCCCCCOc1ccc(C2=N[C@@](C)(C(=O)[O-])CS2)c(O)c1.CCCOCCOc1ccc(C2=N[C@@](C)(C(=O)[O-])CS2)c(O)c1.C[C@]1(C(=O)[O-])CSC(c2ccc(OCCCCCC(=O)[O-])cc2O)=N1.C[C@]1(C(=O)[O-])CSC(c2ccc(OCCOCC(=O)[O-])cc2O)=N1.[Li+].[Li+].[Li+].[Li+].[Li+].[Li+].[Li+]. The van der Waals surface area contributed by atoms with Gasteiger partial charge >= 0.3 is 132 Å². The normalized spacial score (nSPS) is 18.8. The number of unbranched alkanes of at least 4 members (excludes halogenated alkanes) is 10. The molecule has 0 amide bonds. The van der Waals surface area contributed by atoms with E-state index in [2.05, 4.69) is 38.8 Å². The zero-order valence-electron chi connectivity index (χ0n) is 75.3. The minimum Gasteiger partial charge on any atom is -0.550 e. The van der Waals surface area contributed by atoms with Crippen molar-refractivity contribution in [1.82, 2.24) is 0 Å². The van der Waals surface area contributed by atoms with Gasteiger partial charge in [0, 0.05) is 99.5 Å². The average molecular weight is 1810 g/mol. The van der Waals surface area contributed by atoms with E-state index in [0.717, 1.165) is 32.1 Å². The molecule has 0 bridgehead atoms. The molecule has 5 heterocycles. The largest absolute Gasteiger partial charge is 1.00 e. The fourth-order valence-electron chi connectivity index (χ4n) is 11.0. The van der Waals surface area contributed by atoms with Gasteiger partial charge in [0.2, 0.25) is 0 Å². The van der Waals surface area contributed by atoms with Crippen LogP contribution in [0.2, 0.25) is 0 Å². The number of carboxylic acids is 7. The summed E-state index contributed by atoms with van der Waals surface area (Å²) in [5, 5.41) is 129. The molecule has 0 saturated heterocycles. The summed E-state index contributed by atoms with van der Waals surface area (Å²) in [6, 6.07) is 24.3. The quantitative estimate of drug-likeness (QED) is 0.0179. The van der Waals surface area contributed by atoms with Crippen LogP contribution >= 0.6 is 58.8 Å². The van der Waals surface area contributed by atoms with Crippen molar-refractivity contribution < 1.29 is 260 Å². The Hall–Kier alpha value is -5.41. The second-order valence-electron chi connectivity index (χ2n) is 29.0. The van der Waals surface area contributed by atoms with Gasteiger partial charge in [0.05, 0.1) is 75.5 Å². The molecular weight excluding hydrogens is 1700 g/mol. The van der Waals surface area contributed by atoms with E-state index >= 15 is 0 Å². The van der Waals surface area contributed by atoms with Crippen molar-refractivity contribution in [3.8, 4) is 57.5 Å². The van der Waals surface area contributed by atoms with Crippen molar-refractivity contribution in [1.29, 1.82) is 0 Å². The number of aliphatic carboxylic acids is 7. The first kappa shape index (κ1) is 124. The van der Waals surface area contributed by atoms with Gasteiger partial charge < -0.3 is 128 Å². The van der Waals surface area contributed by atoms with Crippen molar-refractivity contribution in [2.45, 2.75) is 179 Å². The Labute approximate surface area is 846 Å². The van der Waals surface area contributed by atoms with Crippen LogP contribution in [0.1, 0.15) is 180 Å². The summed E-state index contributed by atoms with van der Waals surface area (Å²) < 4.78 is 37.7. The Bertz CT molecular complexity index is 4420. The van der Waals surface area contributed by atoms with Crippen molar-refractivity contribution in [3.05, 3.63) is 119 Å². The zero-order valence-corrected chi connectivity index (χ0v) is 79.3. The number of ether oxygens (including phenoxy) is 7. The summed E-state index contributed by atoms with van der Waals surface area (Å²) in [6.45, 7) is 16.8. The van der Waals surface area contributed by atoms with E-state index in [1.807, 2.05) is 6.92 Å². The molecule has 0 radical (unpaired) electrons. The number of phenols is 5. The standard InChI is InChI=1S/2C18H25NO4S.C17H21NO6S.C16H21NO5S.C15H17NO7S.7Li/c2*1-3-4-5-6-7-10-23-13-8-9-14(15(20)11-13)16-19-18(2,12-24-16)17(21)22;1-17(16(22)23)10-25-15(18-17)12-7-6-11(9-13(12)19)24-8-4-2-3-5-14(20)21;1-3-6-21-7-8-22-11-4-5-12(13(18)9-11)14-17-16(2,10-23-14)15(19)20;1-15(14(20)21)8-24-13(16-15)10-3-2-9(6-11(10)17)23-5-4-22-7-12(18)19;;;;;;;/h2*8-9,11,20H,3-7,10,12H2,1-2H3,(H,21,22);6-7,9,19H,2-5,8,10H2,1H3,(H,20,21)(H,22,23);4-5,9,18H,3,6-8,10H2,1-2H3,(H,19,20);2-3,6,17H,4-5,7-8H2,1H3,(H,18,19)(H,20,21);;;;;;;/q;;;;;7*+1/p-7/t2*18-;17-;16-;15-;;;;;;;/m11111......./s1. The van der Waals surface area contributed by atoms with Gasteiger partial charge in [-0.05, 0) is 140 Å². The number of carbonyl (C=O) groups excluding carboxylic acids is 7. The van der Waals surface area contributed by atoms with E-state index in [4.69, 9.17) is 33.2 Å². The molecule has 0 spiro atoms. The van der Waals surface area contributed by atoms with Crippen molar-refractivity contribution >= 4 is 126 Å². The molecule has 0 fully saturated rings. The van der Waals surface area contributed by atoms with Crippen LogP contribution in [0.15, 0.2) is 116 Å².